The van der Waals surface area contributed by atoms with Crippen LogP contribution in [0.3, 0.4) is 0 Å². The molecule has 2 aromatic carbocycles. The van der Waals surface area contributed by atoms with Gasteiger partial charge in [0.15, 0.2) is 0 Å². The number of hydrogen-bond acceptors (Lipinski definition) is 4. The number of fused-ring (bicyclic) bond motifs is 1. The highest BCUT2D eigenvalue weighted by atomic mass is 35.5. The second-order valence-corrected chi connectivity index (χ2v) is 9.13. The van der Waals surface area contributed by atoms with Gasteiger partial charge in [-0.25, -0.2) is 9.36 Å². The lowest BCUT2D eigenvalue weighted by atomic mass is 10.1. The first-order valence-corrected chi connectivity index (χ1v) is 11.3. The molecule has 0 unspecified atom stereocenters. The maximum absolute atomic E-state index is 13.5. The fraction of sp³-hybridized carbons (Fsp3) is 0.280. The van der Waals surface area contributed by atoms with E-state index in [9.17, 15) is 9.59 Å². The fourth-order valence-electron chi connectivity index (χ4n) is 3.92. The fourth-order valence-corrected chi connectivity index (χ4v) is 4.10. The predicted molar refractivity (Wildman–Crippen MR) is 129 cm³/mol. The maximum atomic E-state index is 13.5. The largest absolute Gasteiger partial charge is 0.324 e. The molecule has 0 saturated heterocycles. The first-order chi connectivity index (χ1) is 15.8. The SMILES string of the molecule is Cc1ccc(-n2ncc3c(C4CC4)nn(CC(=O)Nc4ccc(C)c(Cl)c4)c(=O)c32)cc1C. The summed E-state index contributed by atoms with van der Waals surface area (Å²) in [6.45, 7) is 5.77. The Morgan fingerprint density at radius 1 is 1.09 bits per heavy atom. The Bertz CT molecular complexity index is 1470. The average Bonchev–Trinajstić information content (AvgIpc) is 3.52. The van der Waals surface area contributed by atoms with E-state index in [0.29, 0.717) is 16.2 Å². The summed E-state index contributed by atoms with van der Waals surface area (Å²) in [6.07, 6.45) is 3.75. The lowest BCUT2D eigenvalue weighted by Crippen LogP contribution is -2.31. The van der Waals surface area contributed by atoms with Crippen molar-refractivity contribution >= 4 is 34.1 Å². The van der Waals surface area contributed by atoms with Crippen molar-refractivity contribution in [2.75, 3.05) is 5.32 Å². The number of rotatable bonds is 5. The van der Waals surface area contributed by atoms with Crippen LogP contribution < -0.4 is 10.9 Å². The van der Waals surface area contributed by atoms with Gasteiger partial charge in [-0.2, -0.15) is 10.2 Å². The highest BCUT2D eigenvalue weighted by Gasteiger charge is 2.30. The third-order valence-electron chi connectivity index (χ3n) is 6.16. The highest BCUT2D eigenvalue weighted by Crippen LogP contribution is 2.41. The van der Waals surface area contributed by atoms with Gasteiger partial charge >= 0.3 is 0 Å². The summed E-state index contributed by atoms with van der Waals surface area (Å²) in [5.74, 6) is -0.0569. The normalized spacial score (nSPS) is 13.5. The number of nitrogens with one attached hydrogen (secondary N) is 1. The quantitative estimate of drug-likeness (QED) is 0.468. The summed E-state index contributed by atoms with van der Waals surface area (Å²) in [5.41, 5.74) is 5.52. The molecule has 0 bridgehead atoms. The smallest absolute Gasteiger partial charge is 0.293 e. The summed E-state index contributed by atoms with van der Waals surface area (Å²) >= 11 is 6.17. The number of carbonyl (C=O) groups is 1. The molecule has 1 fully saturated rings. The van der Waals surface area contributed by atoms with Crippen LogP contribution in [0.15, 0.2) is 47.4 Å². The zero-order valence-corrected chi connectivity index (χ0v) is 19.5. The zero-order chi connectivity index (χ0) is 23.3. The van der Waals surface area contributed by atoms with Gasteiger partial charge in [-0.1, -0.05) is 23.7 Å². The van der Waals surface area contributed by atoms with Gasteiger partial charge in [0.05, 0.1) is 17.6 Å². The molecule has 4 aromatic rings. The van der Waals surface area contributed by atoms with E-state index in [-0.39, 0.29) is 23.9 Å². The molecule has 0 aliphatic heterocycles. The number of benzene rings is 2. The lowest BCUT2D eigenvalue weighted by molar-refractivity contribution is -0.117. The summed E-state index contributed by atoms with van der Waals surface area (Å²) in [4.78, 5) is 26.2. The van der Waals surface area contributed by atoms with Crippen LogP contribution in [0.1, 0.15) is 41.1 Å². The molecular formula is C25H24ClN5O2. The number of carbonyl (C=O) groups excluding carboxylic acids is 1. The third kappa shape index (κ3) is 4.04. The lowest BCUT2D eigenvalue weighted by Gasteiger charge is -2.11. The van der Waals surface area contributed by atoms with Crippen molar-refractivity contribution in [3.63, 3.8) is 0 Å². The van der Waals surface area contributed by atoms with Gasteiger partial charge in [-0.15, -0.1) is 0 Å². The van der Waals surface area contributed by atoms with Gasteiger partial charge in [-0.3, -0.25) is 9.59 Å². The van der Waals surface area contributed by atoms with Crippen LogP contribution >= 0.6 is 11.6 Å². The third-order valence-corrected chi connectivity index (χ3v) is 6.57. The van der Waals surface area contributed by atoms with Crippen molar-refractivity contribution in [2.45, 2.75) is 46.1 Å². The van der Waals surface area contributed by atoms with Gasteiger partial charge in [0.2, 0.25) is 5.91 Å². The van der Waals surface area contributed by atoms with Crippen molar-refractivity contribution in [1.29, 1.82) is 0 Å². The van der Waals surface area contributed by atoms with Crippen LogP contribution in [-0.2, 0) is 11.3 Å². The molecule has 0 radical (unpaired) electrons. The van der Waals surface area contributed by atoms with E-state index in [2.05, 4.69) is 15.5 Å². The summed E-state index contributed by atoms with van der Waals surface area (Å²) in [6, 6.07) is 11.3. The average molecular weight is 462 g/mol. The number of aryl methyl sites for hydroxylation is 3. The van der Waals surface area contributed by atoms with Gasteiger partial charge in [0.1, 0.15) is 12.1 Å². The number of halogens is 1. The first kappa shape index (κ1) is 21.4. The molecular weight excluding hydrogens is 438 g/mol. The second-order valence-electron chi connectivity index (χ2n) is 8.72. The van der Waals surface area contributed by atoms with Crippen molar-refractivity contribution < 1.29 is 4.79 Å². The molecule has 2 heterocycles. The Balaban J connectivity index is 1.55. The standard InChI is InChI=1S/C25H24ClN5O2/c1-14-5-9-19(10-16(14)3)31-24-20(12-27-31)23(17-6-7-17)29-30(25(24)33)13-22(32)28-18-8-4-15(2)21(26)11-18/h4-5,8-12,17H,6-7,13H2,1-3H3,(H,28,32). The van der Waals surface area contributed by atoms with Crippen LogP contribution in [0.4, 0.5) is 5.69 Å². The predicted octanol–water partition coefficient (Wildman–Crippen LogP) is 4.68. The molecule has 1 aliphatic rings. The van der Waals surface area contributed by atoms with E-state index in [1.54, 1.807) is 23.0 Å². The van der Waals surface area contributed by atoms with Gasteiger partial charge < -0.3 is 5.32 Å². The number of amides is 1. The number of anilines is 1. The Hall–Kier alpha value is -3.45. The van der Waals surface area contributed by atoms with E-state index in [1.165, 1.54) is 10.2 Å². The molecule has 1 N–H and O–H groups in total. The maximum Gasteiger partial charge on any atom is 0.293 e. The molecule has 8 heteroatoms. The topological polar surface area (TPSA) is 81.8 Å². The molecule has 1 amide bonds. The molecule has 168 valence electrons. The Morgan fingerprint density at radius 3 is 2.55 bits per heavy atom. The van der Waals surface area contributed by atoms with E-state index >= 15 is 0 Å². The molecule has 5 rings (SSSR count). The minimum Gasteiger partial charge on any atom is -0.324 e. The number of nitrogens with zero attached hydrogens (tertiary/aromatic N) is 4. The van der Waals surface area contributed by atoms with E-state index in [1.807, 2.05) is 45.0 Å². The monoisotopic (exact) mass is 461 g/mol. The molecule has 2 aromatic heterocycles. The van der Waals surface area contributed by atoms with Crippen LogP contribution in [0.5, 0.6) is 0 Å². The van der Waals surface area contributed by atoms with Crippen LogP contribution in [0, 0.1) is 20.8 Å². The Labute approximate surface area is 196 Å². The van der Waals surface area contributed by atoms with Crippen LogP contribution in [0.2, 0.25) is 5.02 Å². The van der Waals surface area contributed by atoms with Crippen LogP contribution in [0.25, 0.3) is 16.6 Å². The Morgan fingerprint density at radius 2 is 1.85 bits per heavy atom. The molecule has 7 nitrogen and oxygen atoms in total. The van der Waals surface area contributed by atoms with E-state index in [4.69, 9.17) is 11.6 Å². The second kappa shape index (κ2) is 8.15. The van der Waals surface area contributed by atoms with Crippen LogP contribution in [-0.4, -0.2) is 25.5 Å². The molecule has 1 aliphatic carbocycles. The van der Waals surface area contributed by atoms with Crippen molar-refractivity contribution in [3.8, 4) is 5.69 Å². The number of aromatic nitrogens is 4. The van der Waals surface area contributed by atoms with Crippen molar-refractivity contribution in [3.05, 3.63) is 80.4 Å². The number of hydrogen-bond donors (Lipinski definition) is 1. The van der Waals surface area contributed by atoms with Gasteiger partial charge in [-0.05, 0) is 74.6 Å². The van der Waals surface area contributed by atoms with Crippen molar-refractivity contribution in [2.24, 2.45) is 0 Å². The van der Waals surface area contributed by atoms with Gasteiger partial charge in [0, 0.05) is 22.0 Å². The molecule has 0 spiro atoms. The molecule has 33 heavy (non-hydrogen) atoms. The molecule has 1 saturated carbocycles. The summed E-state index contributed by atoms with van der Waals surface area (Å²) < 4.78 is 2.91. The summed E-state index contributed by atoms with van der Waals surface area (Å²) in [7, 11) is 0. The summed E-state index contributed by atoms with van der Waals surface area (Å²) in [5, 5.41) is 13.2. The minimum absolute atomic E-state index is 0.196. The van der Waals surface area contributed by atoms with E-state index < -0.39 is 0 Å². The first-order valence-electron chi connectivity index (χ1n) is 10.9. The Kier molecular flexibility index (Phi) is 5.29. The highest BCUT2D eigenvalue weighted by molar-refractivity contribution is 6.31. The minimum atomic E-state index is -0.345. The van der Waals surface area contributed by atoms with Crippen molar-refractivity contribution in [1.82, 2.24) is 19.6 Å². The zero-order valence-electron chi connectivity index (χ0n) is 18.7. The molecule has 0 atom stereocenters. The van der Waals surface area contributed by atoms with E-state index in [0.717, 1.165) is 40.7 Å². The van der Waals surface area contributed by atoms with Gasteiger partial charge in [0.25, 0.3) is 5.56 Å².